The molecule has 0 amide bonds. The van der Waals surface area contributed by atoms with Crippen LogP contribution in [0.2, 0.25) is 0 Å². The lowest BCUT2D eigenvalue weighted by molar-refractivity contribution is 0.525. The Morgan fingerprint density at radius 3 is 2.72 bits per heavy atom. The minimum absolute atomic E-state index is 0.405. The van der Waals surface area contributed by atoms with Gasteiger partial charge in [0.25, 0.3) is 0 Å². The summed E-state index contributed by atoms with van der Waals surface area (Å²) in [4.78, 5) is 16.5. The van der Waals surface area contributed by atoms with E-state index in [9.17, 15) is 4.79 Å². The molecule has 4 nitrogen and oxygen atoms in total. The molecular weight excluding hydrogens is 228 g/mol. The number of hydrogen-bond acceptors (Lipinski definition) is 3. The van der Waals surface area contributed by atoms with Crippen molar-refractivity contribution in [3.05, 3.63) is 59.1 Å². The van der Waals surface area contributed by atoms with Crippen molar-refractivity contribution in [2.75, 3.05) is 0 Å². The molecule has 86 valence electrons. The first-order valence-electron chi connectivity index (χ1n) is 5.64. The predicted octanol–water partition coefficient (Wildman–Crippen LogP) is 2.59. The van der Waals surface area contributed by atoms with Gasteiger partial charge in [0.1, 0.15) is 5.58 Å². The summed E-state index contributed by atoms with van der Waals surface area (Å²) >= 11 is 0. The Labute approximate surface area is 101 Å². The summed E-state index contributed by atoms with van der Waals surface area (Å²) in [6.07, 6.45) is 0. The first kappa shape index (κ1) is 9.41. The van der Waals surface area contributed by atoms with E-state index in [1.807, 2.05) is 42.5 Å². The lowest BCUT2D eigenvalue weighted by atomic mass is 10.2. The van der Waals surface area contributed by atoms with Gasteiger partial charge in [-0.25, -0.2) is 14.2 Å². The van der Waals surface area contributed by atoms with Crippen LogP contribution in [0.4, 0.5) is 0 Å². The summed E-state index contributed by atoms with van der Waals surface area (Å²) in [5, 5.41) is 0.841. The van der Waals surface area contributed by atoms with Gasteiger partial charge in [-0.1, -0.05) is 24.3 Å². The third kappa shape index (κ3) is 1.09. The van der Waals surface area contributed by atoms with E-state index in [0.717, 1.165) is 16.4 Å². The van der Waals surface area contributed by atoms with Crippen LogP contribution in [0.3, 0.4) is 0 Å². The second kappa shape index (κ2) is 3.20. The monoisotopic (exact) mass is 236 g/mol. The highest BCUT2D eigenvalue weighted by atomic mass is 16.4. The van der Waals surface area contributed by atoms with Crippen LogP contribution < -0.4 is 5.76 Å². The molecule has 0 saturated heterocycles. The minimum atomic E-state index is -0.405. The van der Waals surface area contributed by atoms with Crippen molar-refractivity contribution in [1.29, 1.82) is 0 Å². The fraction of sp³-hybridized carbons (Fsp3) is 0. The van der Waals surface area contributed by atoms with Gasteiger partial charge in [-0.3, -0.25) is 0 Å². The standard InChI is InChI=1S/C14H8N2O2/c17-14-16-11-7-3-2-6-10(11)15-13(16)9-5-1-4-8-12(9)18-14/h1-8H. The first-order valence-corrected chi connectivity index (χ1v) is 5.64. The lowest BCUT2D eigenvalue weighted by Gasteiger charge is -1.98. The third-order valence-corrected chi connectivity index (χ3v) is 3.07. The molecule has 0 aliphatic rings. The smallest absolute Gasteiger partial charge is 0.409 e. The summed E-state index contributed by atoms with van der Waals surface area (Å²) in [6.45, 7) is 0. The number of rotatable bonds is 0. The molecule has 0 unspecified atom stereocenters. The van der Waals surface area contributed by atoms with Crippen LogP contribution >= 0.6 is 0 Å². The van der Waals surface area contributed by atoms with Gasteiger partial charge in [-0.2, -0.15) is 0 Å². The average molecular weight is 236 g/mol. The molecule has 2 aromatic heterocycles. The zero-order valence-corrected chi connectivity index (χ0v) is 9.33. The van der Waals surface area contributed by atoms with E-state index in [1.54, 1.807) is 6.07 Å². The number of hydrogen-bond donors (Lipinski definition) is 0. The molecule has 0 N–H and O–H groups in total. The van der Waals surface area contributed by atoms with Crippen molar-refractivity contribution >= 4 is 27.6 Å². The van der Waals surface area contributed by atoms with E-state index in [2.05, 4.69) is 4.98 Å². The van der Waals surface area contributed by atoms with Gasteiger partial charge < -0.3 is 4.42 Å². The number of benzene rings is 2. The molecule has 0 saturated carbocycles. The van der Waals surface area contributed by atoms with Gasteiger partial charge in [0.2, 0.25) is 0 Å². The van der Waals surface area contributed by atoms with Crippen molar-refractivity contribution in [1.82, 2.24) is 9.38 Å². The molecule has 0 radical (unpaired) electrons. The molecule has 0 bridgehead atoms. The van der Waals surface area contributed by atoms with Crippen molar-refractivity contribution in [3.63, 3.8) is 0 Å². The zero-order valence-electron chi connectivity index (χ0n) is 9.33. The Morgan fingerprint density at radius 2 is 1.78 bits per heavy atom. The van der Waals surface area contributed by atoms with Crippen molar-refractivity contribution in [2.45, 2.75) is 0 Å². The fourth-order valence-corrected chi connectivity index (χ4v) is 2.27. The van der Waals surface area contributed by atoms with Crippen LogP contribution in [0, 0.1) is 0 Å². The summed E-state index contributed by atoms with van der Waals surface area (Å²) in [6, 6.07) is 14.9. The van der Waals surface area contributed by atoms with Gasteiger partial charge in [-0.05, 0) is 24.3 Å². The summed E-state index contributed by atoms with van der Waals surface area (Å²) in [5.41, 5.74) is 2.77. The van der Waals surface area contributed by atoms with Crippen molar-refractivity contribution < 1.29 is 4.42 Å². The highest BCUT2D eigenvalue weighted by molar-refractivity contribution is 5.94. The van der Waals surface area contributed by atoms with E-state index < -0.39 is 5.76 Å². The molecular formula is C14H8N2O2. The quantitative estimate of drug-likeness (QED) is 0.471. The van der Waals surface area contributed by atoms with Gasteiger partial charge >= 0.3 is 5.76 Å². The topological polar surface area (TPSA) is 47.5 Å². The highest BCUT2D eigenvalue weighted by Crippen LogP contribution is 2.21. The number of para-hydroxylation sites is 3. The Hall–Kier alpha value is -2.62. The molecule has 2 aromatic carbocycles. The average Bonchev–Trinajstić information content (AvgIpc) is 2.79. The van der Waals surface area contributed by atoms with Crippen LogP contribution in [-0.2, 0) is 0 Å². The third-order valence-electron chi connectivity index (χ3n) is 3.07. The van der Waals surface area contributed by atoms with Crippen LogP contribution in [0.1, 0.15) is 0 Å². The number of nitrogens with zero attached hydrogens (tertiary/aromatic N) is 2. The Bertz CT molecular complexity index is 950. The van der Waals surface area contributed by atoms with E-state index >= 15 is 0 Å². The zero-order chi connectivity index (χ0) is 12.1. The molecule has 0 aliphatic carbocycles. The molecule has 4 aromatic rings. The first-order chi connectivity index (χ1) is 8.84. The molecule has 18 heavy (non-hydrogen) atoms. The number of aromatic nitrogens is 2. The van der Waals surface area contributed by atoms with Crippen molar-refractivity contribution in [3.8, 4) is 0 Å². The largest absolute Gasteiger partial charge is 0.425 e. The summed E-state index contributed by atoms with van der Waals surface area (Å²) in [7, 11) is 0. The van der Waals surface area contributed by atoms with Crippen LogP contribution in [-0.4, -0.2) is 9.38 Å². The van der Waals surface area contributed by atoms with E-state index in [-0.39, 0.29) is 0 Å². The van der Waals surface area contributed by atoms with Gasteiger partial charge in [0.05, 0.1) is 16.4 Å². The highest BCUT2D eigenvalue weighted by Gasteiger charge is 2.11. The Kier molecular flexibility index (Phi) is 1.67. The predicted molar refractivity (Wildman–Crippen MR) is 68.7 cm³/mol. The van der Waals surface area contributed by atoms with Gasteiger partial charge in [-0.15, -0.1) is 0 Å². The Morgan fingerprint density at radius 1 is 1.00 bits per heavy atom. The normalized spacial score (nSPS) is 11.6. The molecule has 0 spiro atoms. The van der Waals surface area contributed by atoms with Crippen LogP contribution in [0.15, 0.2) is 57.7 Å². The second-order valence-electron chi connectivity index (χ2n) is 4.12. The maximum atomic E-state index is 12.0. The molecule has 2 heterocycles. The van der Waals surface area contributed by atoms with Crippen molar-refractivity contribution in [2.24, 2.45) is 0 Å². The molecule has 0 fully saturated rings. The van der Waals surface area contributed by atoms with E-state index in [0.29, 0.717) is 11.2 Å². The SMILES string of the molecule is O=c1oc2ccccc2c2nc3ccccc3n12. The summed E-state index contributed by atoms with van der Waals surface area (Å²) < 4.78 is 6.82. The van der Waals surface area contributed by atoms with E-state index in [4.69, 9.17) is 4.42 Å². The number of fused-ring (bicyclic) bond motifs is 5. The Balaban J connectivity index is 2.42. The van der Waals surface area contributed by atoms with Crippen LogP contribution in [0.5, 0.6) is 0 Å². The minimum Gasteiger partial charge on any atom is -0.409 e. The molecule has 4 heteroatoms. The van der Waals surface area contributed by atoms with Crippen LogP contribution in [0.25, 0.3) is 27.6 Å². The molecule has 4 rings (SSSR count). The maximum Gasteiger partial charge on any atom is 0.425 e. The molecule has 0 aliphatic heterocycles. The van der Waals surface area contributed by atoms with Gasteiger partial charge in [0, 0.05) is 0 Å². The fourth-order valence-electron chi connectivity index (χ4n) is 2.27. The maximum absolute atomic E-state index is 12.0. The molecule has 0 atom stereocenters. The second-order valence-corrected chi connectivity index (χ2v) is 4.12. The van der Waals surface area contributed by atoms with Gasteiger partial charge in [0.15, 0.2) is 5.65 Å². The lowest BCUT2D eigenvalue weighted by Crippen LogP contribution is -2.10. The van der Waals surface area contributed by atoms with E-state index in [1.165, 1.54) is 4.40 Å². The number of imidazole rings is 1. The summed E-state index contributed by atoms with van der Waals surface area (Å²) in [5.74, 6) is -0.405.